The molecule has 0 unspecified atom stereocenters. The maximum absolute atomic E-state index is 13.6. The predicted octanol–water partition coefficient (Wildman–Crippen LogP) is 5.47. The molecule has 2 aromatic carbocycles. The van der Waals surface area contributed by atoms with Crippen LogP contribution in [0.1, 0.15) is 42.1 Å². The van der Waals surface area contributed by atoms with Gasteiger partial charge < -0.3 is 9.13 Å². The fraction of sp³-hybridized carbons (Fsp3) is 0.240. The number of nitrogens with zero attached hydrogens (tertiary/aromatic N) is 3. The van der Waals surface area contributed by atoms with E-state index in [0.29, 0.717) is 21.6 Å². The highest BCUT2D eigenvalue weighted by Gasteiger charge is 2.26. The summed E-state index contributed by atoms with van der Waals surface area (Å²) in [7, 11) is 1.90. The monoisotopic (exact) mass is 442 g/mol. The van der Waals surface area contributed by atoms with Crippen molar-refractivity contribution in [3.8, 4) is 0 Å². The number of aryl methyl sites for hydroxylation is 1. The van der Waals surface area contributed by atoms with Gasteiger partial charge in [-0.15, -0.1) is 0 Å². The topological polar surface area (TPSA) is 68.9 Å². The molecule has 1 fully saturated rings. The summed E-state index contributed by atoms with van der Waals surface area (Å²) in [5, 5.41) is 5.17. The Labute approximate surface area is 188 Å². The fourth-order valence-corrected chi connectivity index (χ4v) is 5.88. The Kier molecular flexibility index (Phi) is 4.40. The number of hydrogen-bond acceptors (Lipinski definition) is 4. The Morgan fingerprint density at radius 2 is 1.84 bits per heavy atom. The van der Waals surface area contributed by atoms with Crippen LogP contribution in [0.5, 0.6) is 0 Å². The SMILES string of the molecule is Cn1c2ccccc2c2c(C(=O)Nc3nc4ccccc4s3)cn(C3CCCC3)c(=O)c21. The number of pyridine rings is 1. The molecule has 0 atom stereocenters. The van der Waals surface area contributed by atoms with Crippen LogP contribution in [-0.4, -0.2) is 20.0 Å². The van der Waals surface area contributed by atoms with Crippen LogP contribution in [0.3, 0.4) is 0 Å². The first-order valence-electron chi connectivity index (χ1n) is 10.9. The summed E-state index contributed by atoms with van der Waals surface area (Å²) in [6, 6.07) is 15.8. The molecule has 0 spiro atoms. The number of nitrogens with one attached hydrogen (secondary N) is 1. The van der Waals surface area contributed by atoms with Crippen LogP contribution in [0.4, 0.5) is 5.13 Å². The van der Waals surface area contributed by atoms with E-state index in [-0.39, 0.29) is 17.5 Å². The Morgan fingerprint density at radius 3 is 2.66 bits per heavy atom. The molecule has 0 aliphatic heterocycles. The van der Waals surface area contributed by atoms with Gasteiger partial charge in [0, 0.05) is 35.6 Å². The number of anilines is 1. The van der Waals surface area contributed by atoms with Crippen molar-refractivity contribution in [1.29, 1.82) is 0 Å². The van der Waals surface area contributed by atoms with Gasteiger partial charge in [0.25, 0.3) is 11.5 Å². The first-order chi connectivity index (χ1) is 15.6. The zero-order valence-electron chi connectivity index (χ0n) is 17.7. The molecule has 5 aromatic rings. The Morgan fingerprint density at radius 1 is 1.09 bits per heavy atom. The molecule has 6 nitrogen and oxygen atoms in total. The van der Waals surface area contributed by atoms with Gasteiger partial charge in [-0.05, 0) is 31.0 Å². The molecule has 3 heterocycles. The summed E-state index contributed by atoms with van der Waals surface area (Å²) in [5.74, 6) is -0.239. The molecule has 1 saturated carbocycles. The van der Waals surface area contributed by atoms with E-state index in [0.717, 1.165) is 46.8 Å². The lowest BCUT2D eigenvalue weighted by atomic mass is 10.1. The van der Waals surface area contributed by atoms with Gasteiger partial charge in [-0.25, -0.2) is 4.98 Å². The highest BCUT2D eigenvalue weighted by atomic mass is 32.1. The average Bonchev–Trinajstić information content (AvgIpc) is 3.53. The Bertz CT molecular complexity index is 1540. The standard InChI is InChI=1S/C25H22N4O2S/c1-28-19-12-6-4-10-16(19)21-17(14-29(24(31)22(21)28)15-8-2-3-9-15)23(30)27-25-26-18-11-5-7-13-20(18)32-25/h4-7,10-15H,2-3,8-9H2,1H3,(H,26,27,30). The van der Waals surface area contributed by atoms with Gasteiger partial charge in [0.05, 0.1) is 15.8 Å². The van der Waals surface area contributed by atoms with E-state index in [1.54, 1.807) is 10.8 Å². The summed E-state index contributed by atoms with van der Waals surface area (Å²) >= 11 is 1.45. The fourth-order valence-electron chi connectivity index (χ4n) is 5.02. The van der Waals surface area contributed by atoms with E-state index in [2.05, 4.69) is 10.3 Å². The number of benzene rings is 2. The summed E-state index contributed by atoms with van der Waals surface area (Å²) in [5.41, 5.74) is 2.87. The van der Waals surface area contributed by atoms with Gasteiger partial charge in [0.2, 0.25) is 0 Å². The normalized spacial score (nSPS) is 14.7. The maximum Gasteiger partial charge on any atom is 0.275 e. The van der Waals surface area contributed by atoms with Gasteiger partial charge >= 0.3 is 0 Å². The number of fused-ring (bicyclic) bond motifs is 4. The molecule has 3 aromatic heterocycles. The van der Waals surface area contributed by atoms with Crippen molar-refractivity contribution in [1.82, 2.24) is 14.1 Å². The summed E-state index contributed by atoms with van der Waals surface area (Å²) in [6.45, 7) is 0. The minimum atomic E-state index is -0.239. The molecule has 32 heavy (non-hydrogen) atoms. The number of hydrogen-bond donors (Lipinski definition) is 1. The molecule has 0 bridgehead atoms. The van der Waals surface area contributed by atoms with E-state index in [1.807, 2.05) is 60.1 Å². The quantitative estimate of drug-likeness (QED) is 0.403. The smallest absolute Gasteiger partial charge is 0.275 e. The zero-order chi connectivity index (χ0) is 21.8. The first-order valence-corrected chi connectivity index (χ1v) is 11.7. The second-order valence-corrected chi connectivity index (χ2v) is 9.46. The zero-order valence-corrected chi connectivity index (χ0v) is 18.5. The lowest BCUT2D eigenvalue weighted by Crippen LogP contribution is -2.27. The van der Waals surface area contributed by atoms with Crippen molar-refractivity contribution >= 4 is 54.4 Å². The second kappa shape index (κ2) is 7.31. The van der Waals surface area contributed by atoms with Crippen molar-refractivity contribution in [2.24, 2.45) is 7.05 Å². The van der Waals surface area contributed by atoms with Crippen molar-refractivity contribution in [3.63, 3.8) is 0 Å². The maximum atomic E-state index is 13.6. The van der Waals surface area contributed by atoms with Crippen molar-refractivity contribution < 1.29 is 4.79 Å². The third-order valence-electron chi connectivity index (χ3n) is 6.56. The number of rotatable bonds is 3. The van der Waals surface area contributed by atoms with E-state index in [1.165, 1.54) is 11.3 Å². The van der Waals surface area contributed by atoms with Crippen LogP contribution < -0.4 is 10.9 Å². The van der Waals surface area contributed by atoms with E-state index >= 15 is 0 Å². The number of amides is 1. The molecule has 1 aliphatic rings. The van der Waals surface area contributed by atoms with Crippen LogP contribution >= 0.6 is 11.3 Å². The van der Waals surface area contributed by atoms with E-state index < -0.39 is 0 Å². The molecule has 6 rings (SSSR count). The molecule has 7 heteroatoms. The van der Waals surface area contributed by atoms with Crippen LogP contribution in [0, 0.1) is 0 Å². The Hall–Kier alpha value is -3.45. The summed E-state index contributed by atoms with van der Waals surface area (Å²) < 4.78 is 4.74. The second-order valence-electron chi connectivity index (χ2n) is 8.43. The molecule has 160 valence electrons. The van der Waals surface area contributed by atoms with Crippen molar-refractivity contribution in [3.05, 3.63) is 70.6 Å². The summed E-state index contributed by atoms with van der Waals surface area (Å²) in [4.78, 5) is 31.7. The van der Waals surface area contributed by atoms with Crippen molar-refractivity contribution in [2.75, 3.05) is 5.32 Å². The molecule has 0 saturated heterocycles. The van der Waals surface area contributed by atoms with E-state index in [4.69, 9.17) is 0 Å². The number of para-hydroxylation sites is 2. The molecular formula is C25H22N4O2S. The van der Waals surface area contributed by atoms with Crippen LogP contribution in [0.25, 0.3) is 32.0 Å². The van der Waals surface area contributed by atoms with Gasteiger partial charge in [-0.3, -0.25) is 14.9 Å². The molecule has 1 amide bonds. The van der Waals surface area contributed by atoms with Gasteiger partial charge in [0.15, 0.2) is 5.13 Å². The molecular weight excluding hydrogens is 420 g/mol. The highest BCUT2D eigenvalue weighted by Crippen LogP contribution is 2.34. The molecule has 1 N–H and O–H groups in total. The van der Waals surface area contributed by atoms with Gasteiger partial charge in [0.1, 0.15) is 5.52 Å². The lowest BCUT2D eigenvalue weighted by molar-refractivity contribution is 0.102. The number of carbonyl (C=O) groups excluding carboxylic acids is 1. The predicted molar refractivity (Wildman–Crippen MR) is 130 cm³/mol. The largest absolute Gasteiger partial charge is 0.339 e. The third kappa shape index (κ3) is 2.88. The van der Waals surface area contributed by atoms with Crippen molar-refractivity contribution in [2.45, 2.75) is 31.7 Å². The first kappa shape index (κ1) is 19.3. The molecule has 1 aliphatic carbocycles. The minimum absolute atomic E-state index is 0.0258. The lowest BCUT2D eigenvalue weighted by Gasteiger charge is -2.16. The van der Waals surface area contributed by atoms with Crippen LogP contribution in [0.2, 0.25) is 0 Å². The van der Waals surface area contributed by atoms with Gasteiger partial charge in [-0.2, -0.15) is 0 Å². The van der Waals surface area contributed by atoms with Gasteiger partial charge in [-0.1, -0.05) is 54.5 Å². The van der Waals surface area contributed by atoms with Crippen LogP contribution in [-0.2, 0) is 7.05 Å². The number of aromatic nitrogens is 3. The molecule has 0 radical (unpaired) electrons. The average molecular weight is 443 g/mol. The Balaban J connectivity index is 1.57. The minimum Gasteiger partial charge on any atom is -0.339 e. The summed E-state index contributed by atoms with van der Waals surface area (Å²) in [6.07, 6.45) is 5.92. The van der Waals surface area contributed by atoms with E-state index in [9.17, 15) is 9.59 Å². The highest BCUT2D eigenvalue weighted by molar-refractivity contribution is 7.22. The van der Waals surface area contributed by atoms with Crippen LogP contribution in [0.15, 0.2) is 59.5 Å². The number of carbonyl (C=O) groups is 1. The number of thiazole rings is 1. The third-order valence-corrected chi connectivity index (χ3v) is 7.51.